The molecule has 0 aliphatic heterocycles. The predicted molar refractivity (Wildman–Crippen MR) is 84.7 cm³/mol. The van der Waals surface area contributed by atoms with Crippen molar-refractivity contribution in [2.75, 3.05) is 0 Å². The maximum Gasteiger partial charge on any atom is 0.0991 e. The average molecular weight is 276 g/mol. The Bertz CT molecular complexity index is 637. The van der Waals surface area contributed by atoms with E-state index in [1.807, 2.05) is 24.3 Å². The van der Waals surface area contributed by atoms with Crippen molar-refractivity contribution in [3.05, 3.63) is 70.8 Å². The Balaban J connectivity index is 1.71. The van der Waals surface area contributed by atoms with Gasteiger partial charge in [0.15, 0.2) is 0 Å². The Morgan fingerprint density at radius 1 is 1.05 bits per heavy atom. The van der Waals surface area contributed by atoms with Crippen LogP contribution in [0.3, 0.4) is 0 Å². The molecule has 106 valence electrons. The molecule has 1 aliphatic carbocycles. The number of benzene rings is 2. The average Bonchev–Trinajstić information content (AvgIpc) is 2.76. The summed E-state index contributed by atoms with van der Waals surface area (Å²) in [7, 11) is 0. The van der Waals surface area contributed by atoms with Crippen molar-refractivity contribution in [1.82, 2.24) is 5.32 Å². The summed E-state index contributed by atoms with van der Waals surface area (Å²) in [4.78, 5) is 0. The number of fused-ring (bicyclic) bond motifs is 1. The Kier molecular flexibility index (Phi) is 4.33. The molecular formula is C19H20N2. The Labute approximate surface area is 126 Å². The summed E-state index contributed by atoms with van der Waals surface area (Å²) >= 11 is 0. The standard InChI is InChI=1S/C19H20N2/c20-13-15-9-11-16(12-10-15)14-21-19-8-4-2-6-17-5-1-3-7-18(17)19/h1,3,5,7,9-12,19,21H,2,4,6,8,14H2. The fourth-order valence-electron chi connectivity index (χ4n) is 3.07. The van der Waals surface area contributed by atoms with Gasteiger partial charge in [-0.15, -0.1) is 0 Å². The molecule has 2 heteroatoms. The molecule has 2 aromatic rings. The summed E-state index contributed by atoms with van der Waals surface area (Å²) in [5.41, 5.74) is 4.91. The zero-order valence-electron chi connectivity index (χ0n) is 12.2. The topological polar surface area (TPSA) is 35.8 Å². The Morgan fingerprint density at radius 2 is 1.86 bits per heavy atom. The van der Waals surface area contributed by atoms with Gasteiger partial charge in [-0.25, -0.2) is 0 Å². The van der Waals surface area contributed by atoms with Crippen LogP contribution in [-0.4, -0.2) is 0 Å². The van der Waals surface area contributed by atoms with Crippen LogP contribution in [0.4, 0.5) is 0 Å². The third kappa shape index (κ3) is 3.32. The minimum absolute atomic E-state index is 0.444. The summed E-state index contributed by atoms with van der Waals surface area (Å²) in [6.45, 7) is 0.852. The van der Waals surface area contributed by atoms with Crippen LogP contribution in [0.15, 0.2) is 48.5 Å². The molecule has 0 heterocycles. The van der Waals surface area contributed by atoms with Gasteiger partial charge in [0, 0.05) is 12.6 Å². The van der Waals surface area contributed by atoms with E-state index < -0.39 is 0 Å². The molecule has 0 saturated heterocycles. The number of nitrogens with zero attached hydrogens (tertiary/aromatic N) is 1. The van der Waals surface area contributed by atoms with E-state index in [2.05, 4.69) is 35.7 Å². The highest BCUT2D eigenvalue weighted by atomic mass is 14.9. The minimum Gasteiger partial charge on any atom is -0.306 e. The Hall–Kier alpha value is -2.11. The largest absolute Gasteiger partial charge is 0.306 e. The molecule has 0 amide bonds. The summed E-state index contributed by atoms with van der Waals surface area (Å²) in [6.07, 6.45) is 4.96. The Morgan fingerprint density at radius 3 is 2.67 bits per heavy atom. The van der Waals surface area contributed by atoms with Crippen LogP contribution in [0.1, 0.15) is 47.6 Å². The van der Waals surface area contributed by atoms with Gasteiger partial charge < -0.3 is 5.32 Å². The van der Waals surface area contributed by atoms with Gasteiger partial charge in [-0.05, 0) is 48.1 Å². The van der Waals surface area contributed by atoms with E-state index in [0.29, 0.717) is 6.04 Å². The fourth-order valence-corrected chi connectivity index (χ4v) is 3.07. The minimum atomic E-state index is 0.444. The van der Waals surface area contributed by atoms with E-state index >= 15 is 0 Å². The number of aryl methyl sites for hydroxylation is 1. The predicted octanol–water partition coefficient (Wildman–Crippen LogP) is 4.12. The van der Waals surface area contributed by atoms with Crippen LogP contribution < -0.4 is 5.32 Å². The van der Waals surface area contributed by atoms with Gasteiger partial charge >= 0.3 is 0 Å². The molecular weight excluding hydrogens is 256 g/mol. The highest BCUT2D eigenvalue weighted by Crippen LogP contribution is 2.28. The van der Waals surface area contributed by atoms with Gasteiger partial charge in [0.25, 0.3) is 0 Å². The van der Waals surface area contributed by atoms with Crippen LogP contribution in [0.2, 0.25) is 0 Å². The first-order valence-electron chi connectivity index (χ1n) is 7.67. The lowest BCUT2D eigenvalue weighted by Gasteiger charge is -2.19. The van der Waals surface area contributed by atoms with Crippen molar-refractivity contribution in [3.8, 4) is 6.07 Å². The van der Waals surface area contributed by atoms with Crippen molar-refractivity contribution < 1.29 is 0 Å². The van der Waals surface area contributed by atoms with E-state index in [9.17, 15) is 0 Å². The van der Waals surface area contributed by atoms with Crippen LogP contribution in [0, 0.1) is 11.3 Å². The number of nitrogens with one attached hydrogen (secondary N) is 1. The van der Waals surface area contributed by atoms with Crippen LogP contribution in [-0.2, 0) is 13.0 Å². The monoisotopic (exact) mass is 276 g/mol. The second-order valence-electron chi connectivity index (χ2n) is 5.69. The van der Waals surface area contributed by atoms with Gasteiger partial charge in [-0.1, -0.05) is 42.8 Å². The molecule has 0 saturated carbocycles. The normalized spacial score (nSPS) is 17.6. The molecule has 0 bridgehead atoms. The van der Waals surface area contributed by atoms with Crippen molar-refractivity contribution in [3.63, 3.8) is 0 Å². The van der Waals surface area contributed by atoms with Gasteiger partial charge in [-0.3, -0.25) is 0 Å². The summed E-state index contributed by atoms with van der Waals surface area (Å²) < 4.78 is 0. The lowest BCUT2D eigenvalue weighted by atomic mass is 9.99. The number of nitriles is 1. The summed E-state index contributed by atoms with van der Waals surface area (Å²) in [6, 6.07) is 19.3. The quantitative estimate of drug-likeness (QED) is 0.856. The molecule has 3 rings (SSSR count). The lowest BCUT2D eigenvalue weighted by Crippen LogP contribution is -2.21. The molecule has 1 N–H and O–H groups in total. The smallest absolute Gasteiger partial charge is 0.0991 e. The SMILES string of the molecule is N#Cc1ccc(CNC2CCCCc3ccccc32)cc1. The van der Waals surface area contributed by atoms with Crippen molar-refractivity contribution in [2.45, 2.75) is 38.3 Å². The van der Waals surface area contributed by atoms with Crippen LogP contribution in [0.25, 0.3) is 0 Å². The molecule has 1 atom stereocenters. The highest BCUT2D eigenvalue weighted by molar-refractivity contribution is 5.33. The molecule has 0 radical (unpaired) electrons. The molecule has 0 spiro atoms. The molecule has 1 aliphatic rings. The first kappa shape index (κ1) is 13.9. The fraction of sp³-hybridized carbons (Fsp3) is 0.316. The van der Waals surface area contributed by atoms with Gasteiger partial charge in [0.05, 0.1) is 11.6 Å². The van der Waals surface area contributed by atoms with Crippen LogP contribution in [0.5, 0.6) is 0 Å². The van der Waals surface area contributed by atoms with E-state index in [4.69, 9.17) is 5.26 Å². The van der Waals surface area contributed by atoms with Crippen molar-refractivity contribution >= 4 is 0 Å². The third-order valence-electron chi connectivity index (χ3n) is 4.26. The molecule has 2 aromatic carbocycles. The molecule has 21 heavy (non-hydrogen) atoms. The van der Waals surface area contributed by atoms with E-state index in [1.54, 1.807) is 0 Å². The number of hydrogen-bond acceptors (Lipinski definition) is 2. The summed E-state index contributed by atoms with van der Waals surface area (Å²) in [5, 5.41) is 12.5. The van der Waals surface area contributed by atoms with E-state index in [0.717, 1.165) is 12.1 Å². The van der Waals surface area contributed by atoms with Gasteiger partial charge in [0.1, 0.15) is 0 Å². The zero-order chi connectivity index (χ0) is 14.5. The lowest BCUT2D eigenvalue weighted by molar-refractivity contribution is 0.489. The van der Waals surface area contributed by atoms with E-state index in [1.165, 1.54) is 42.4 Å². The second-order valence-corrected chi connectivity index (χ2v) is 5.69. The van der Waals surface area contributed by atoms with Crippen LogP contribution >= 0.6 is 0 Å². The second kappa shape index (κ2) is 6.56. The van der Waals surface area contributed by atoms with Gasteiger partial charge in [0.2, 0.25) is 0 Å². The maximum atomic E-state index is 8.84. The van der Waals surface area contributed by atoms with Gasteiger partial charge in [-0.2, -0.15) is 5.26 Å². The molecule has 0 fully saturated rings. The number of rotatable bonds is 3. The number of hydrogen-bond donors (Lipinski definition) is 1. The van der Waals surface area contributed by atoms with E-state index in [-0.39, 0.29) is 0 Å². The first-order chi connectivity index (χ1) is 10.4. The molecule has 1 unspecified atom stereocenters. The maximum absolute atomic E-state index is 8.84. The first-order valence-corrected chi connectivity index (χ1v) is 7.67. The highest BCUT2D eigenvalue weighted by Gasteiger charge is 2.17. The molecule has 2 nitrogen and oxygen atoms in total. The van der Waals surface area contributed by atoms with Crippen molar-refractivity contribution in [2.24, 2.45) is 0 Å². The zero-order valence-corrected chi connectivity index (χ0v) is 12.2. The molecule has 0 aromatic heterocycles. The van der Waals surface area contributed by atoms with Crippen molar-refractivity contribution in [1.29, 1.82) is 5.26 Å². The third-order valence-corrected chi connectivity index (χ3v) is 4.26. The summed E-state index contributed by atoms with van der Waals surface area (Å²) in [5.74, 6) is 0.